The Morgan fingerprint density at radius 3 is 2.61 bits per heavy atom. The molecule has 0 saturated carbocycles. The molecule has 1 aromatic rings. The predicted molar refractivity (Wildman–Crippen MR) is 94.5 cm³/mol. The Kier molecular flexibility index (Phi) is 6.44. The van der Waals surface area contributed by atoms with Gasteiger partial charge in [-0.3, -0.25) is 9.52 Å². The molecule has 0 radical (unpaired) electrons. The van der Waals surface area contributed by atoms with Crippen molar-refractivity contribution in [2.45, 2.75) is 20.3 Å². The van der Waals surface area contributed by atoms with Crippen LogP contribution in [0.15, 0.2) is 24.3 Å². The normalized spacial score (nSPS) is 20.9. The van der Waals surface area contributed by atoms with Gasteiger partial charge in [-0.15, -0.1) is 12.4 Å². The molecule has 1 heterocycles. The Morgan fingerprint density at radius 2 is 2.04 bits per heavy atom. The quantitative estimate of drug-likeness (QED) is 0.834. The Hall–Kier alpha value is -1.31. The van der Waals surface area contributed by atoms with E-state index in [2.05, 4.69) is 11.6 Å². The highest BCUT2D eigenvalue weighted by molar-refractivity contribution is 7.92. The first kappa shape index (κ1) is 19.7. The zero-order valence-corrected chi connectivity index (χ0v) is 15.0. The van der Waals surface area contributed by atoms with Crippen LogP contribution in [0.25, 0.3) is 0 Å². The van der Waals surface area contributed by atoms with Gasteiger partial charge in [0.2, 0.25) is 10.0 Å². The van der Waals surface area contributed by atoms with Crippen LogP contribution in [0.1, 0.15) is 30.6 Å². The fraction of sp³-hybridized carbons (Fsp3) is 0.533. The summed E-state index contributed by atoms with van der Waals surface area (Å²) in [6, 6.07) is 6.69. The van der Waals surface area contributed by atoms with Crippen LogP contribution in [0.5, 0.6) is 0 Å². The van der Waals surface area contributed by atoms with Crippen LogP contribution in [0.4, 0.5) is 5.69 Å². The molecule has 1 saturated heterocycles. The molecule has 8 heteroatoms. The highest BCUT2D eigenvalue weighted by Crippen LogP contribution is 2.30. The molecule has 1 aliphatic rings. The molecule has 1 unspecified atom stereocenters. The molecule has 130 valence electrons. The van der Waals surface area contributed by atoms with Gasteiger partial charge in [-0.25, -0.2) is 8.42 Å². The van der Waals surface area contributed by atoms with Crippen molar-refractivity contribution in [3.05, 3.63) is 29.8 Å². The lowest BCUT2D eigenvalue weighted by Gasteiger charge is -2.23. The van der Waals surface area contributed by atoms with E-state index < -0.39 is 10.0 Å². The number of para-hydroxylation sites is 1. The lowest BCUT2D eigenvalue weighted by molar-refractivity contribution is 0.0778. The van der Waals surface area contributed by atoms with Crippen molar-refractivity contribution in [3.63, 3.8) is 0 Å². The number of hydrogen-bond donors (Lipinski definition) is 2. The second-order valence-corrected chi connectivity index (χ2v) is 8.05. The number of carbonyl (C=O) groups is 1. The van der Waals surface area contributed by atoms with Gasteiger partial charge in [0.1, 0.15) is 0 Å². The number of amides is 1. The summed E-state index contributed by atoms with van der Waals surface area (Å²) in [7, 11) is -3.42. The van der Waals surface area contributed by atoms with E-state index in [1.807, 2.05) is 0 Å². The van der Waals surface area contributed by atoms with Gasteiger partial charge in [0.05, 0.1) is 17.0 Å². The maximum atomic E-state index is 12.7. The molecule has 23 heavy (non-hydrogen) atoms. The summed E-state index contributed by atoms with van der Waals surface area (Å²) in [5, 5.41) is 0. The van der Waals surface area contributed by atoms with E-state index in [0.29, 0.717) is 30.9 Å². The van der Waals surface area contributed by atoms with Crippen LogP contribution in [0.2, 0.25) is 0 Å². The molecule has 1 aromatic carbocycles. The van der Waals surface area contributed by atoms with Crippen molar-refractivity contribution in [1.29, 1.82) is 0 Å². The van der Waals surface area contributed by atoms with Crippen molar-refractivity contribution < 1.29 is 13.2 Å². The van der Waals surface area contributed by atoms with E-state index >= 15 is 0 Å². The number of likely N-dealkylation sites (tertiary alicyclic amines) is 1. The van der Waals surface area contributed by atoms with Gasteiger partial charge in [0, 0.05) is 13.1 Å². The summed E-state index contributed by atoms with van der Waals surface area (Å²) in [5.41, 5.74) is 6.41. The fourth-order valence-corrected chi connectivity index (χ4v) is 3.19. The lowest BCUT2D eigenvalue weighted by atomic mass is 9.90. The van der Waals surface area contributed by atoms with Crippen LogP contribution >= 0.6 is 12.4 Å². The molecule has 0 aromatic heterocycles. The Morgan fingerprint density at radius 1 is 1.39 bits per heavy atom. The van der Waals surface area contributed by atoms with Crippen molar-refractivity contribution >= 4 is 34.0 Å². The van der Waals surface area contributed by atoms with E-state index in [0.717, 1.165) is 6.42 Å². The van der Waals surface area contributed by atoms with E-state index in [-0.39, 0.29) is 29.5 Å². The SMILES string of the molecule is CCS(=O)(=O)Nc1ccccc1C(=O)N1CCC(C)(CN)C1.Cl. The highest BCUT2D eigenvalue weighted by atomic mass is 35.5. The maximum absolute atomic E-state index is 12.7. The Balaban J connectivity index is 0.00000264. The third-order valence-electron chi connectivity index (χ3n) is 4.14. The van der Waals surface area contributed by atoms with E-state index in [9.17, 15) is 13.2 Å². The van der Waals surface area contributed by atoms with Gasteiger partial charge >= 0.3 is 0 Å². The number of benzene rings is 1. The summed E-state index contributed by atoms with van der Waals surface area (Å²) in [5.74, 6) is -0.198. The molecule has 1 aliphatic heterocycles. The third kappa shape index (κ3) is 4.59. The number of anilines is 1. The number of nitrogens with zero attached hydrogens (tertiary/aromatic N) is 1. The zero-order valence-electron chi connectivity index (χ0n) is 13.4. The van der Waals surface area contributed by atoms with Gasteiger partial charge in [0.15, 0.2) is 0 Å². The van der Waals surface area contributed by atoms with E-state index in [1.165, 1.54) is 0 Å². The molecule has 2 rings (SSSR count). The molecular weight excluding hydrogens is 338 g/mol. The fourth-order valence-electron chi connectivity index (χ4n) is 2.53. The Labute approximate surface area is 143 Å². The van der Waals surface area contributed by atoms with Gasteiger partial charge in [-0.2, -0.15) is 0 Å². The molecule has 0 bridgehead atoms. The molecule has 0 aliphatic carbocycles. The molecule has 1 fully saturated rings. The standard InChI is InChI=1S/C15H23N3O3S.ClH/c1-3-22(20,21)17-13-7-5-4-6-12(13)14(19)18-9-8-15(2,10-16)11-18;/h4-7,17H,3,8-11,16H2,1-2H3;1H. The van der Waals surface area contributed by atoms with Crippen LogP contribution in [-0.2, 0) is 10.0 Å². The topological polar surface area (TPSA) is 92.5 Å². The van der Waals surface area contributed by atoms with E-state index in [1.54, 1.807) is 36.1 Å². The molecule has 6 nitrogen and oxygen atoms in total. The number of nitrogens with two attached hydrogens (primary N) is 1. The molecule has 0 spiro atoms. The highest BCUT2D eigenvalue weighted by Gasteiger charge is 2.35. The zero-order chi connectivity index (χ0) is 16.4. The number of hydrogen-bond acceptors (Lipinski definition) is 4. The van der Waals surface area contributed by atoms with E-state index in [4.69, 9.17) is 5.73 Å². The summed E-state index contributed by atoms with van der Waals surface area (Å²) >= 11 is 0. The van der Waals surface area contributed by atoms with Crippen LogP contribution in [0, 0.1) is 5.41 Å². The summed E-state index contributed by atoms with van der Waals surface area (Å²) in [6.45, 7) is 5.38. The minimum Gasteiger partial charge on any atom is -0.338 e. The monoisotopic (exact) mass is 361 g/mol. The van der Waals surface area contributed by atoms with Gasteiger partial charge in [0.25, 0.3) is 5.91 Å². The number of carbonyl (C=O) groups excluding carboxylic acids is 1. The van der Waals surface area contributed by atoms with Crippen molar-refractivity contribution in [2.75, 3.05) is 30.1 Å². The summed E-state index contributed by atoms with van der Waals surface area (Å²) in [6.07, 6.45) is 0.859. The average molecular weight is 362 g/mol. The van der Waals surface area contributed by atoms with Gasteiger partial charge in [-0.05, 0) is 37.4 Å². The van der Waals surface area contributed by atoms with Crippen molar-refractivity contribution in [2.24, 2.45) is 11.1 Å². The van der Waals surface area contributed by atoms with Gasteiger partial charge < -0.3 is 10.6 Å². The number of sulfonamides is 1. The number of halogens is 1. The first-order valence-corrected chi connectivity index (χ1v) is 9.04. The largest absolute Gasteiger partial charge is 0.338 e. The molecule has 1 atom stereocenters. The number of nitrogens with one attached hydrogen (secondary N) is 1. The van der Waals surface area contributed by atoms with Gasteiger partial charge in [-0.1, -0.05) is 19.1 Å². The average Bonchev–Trinajstić information content (AvgIpc) is 2.90. The number of rotatable bonds is 5. The third-order valence-corrected chi connectivity index (χ3v) is 5.43. The van der Waals surface area contributed by atoms with Crippen LogP contribution in [-0.4, -0.2) is 44.6 Å². The first-order chi connectivity index (χ1) is 10.3. The van der Waals surface area contributed by atoms with Crippen LogP contribution in [0.3, 0.4) is 0 Å². The lowest BCUT2D eigenvalue weighted by Crippen LogP contribution is -2.35. The van der Waals surface area contributed by atoms with Crippen molar-refractivity contribution in [1.82, 2.24) is 4.90 Å². The van der Waals surface area contributed by atoms with Crippen LogP contribution < -0.4 is 10.5 Å². The second kappa shape index (κ2) is 7.51. The molecular formula is C15H24ClN3O3S. The van der Waals surface area contributed by atoms with Crippen molar-refractivity contribution in [3.8, 4) is 0 Å². The Bertz CT molecular complexity index is 666. The molecule has 3 N–H and O–H groups in total. The second-order valence-electron chi connectivity index (χ2n) is 6.04. The summed E-state index contributed by atoms with van der Waals surface area (Å²) < 4.78 is 26.0. The molecule has 1 amide bonds. The minimum absolute atomic E-state index is 0. The first-order valence-electron chi connectivity index (χ1n) is 7.39. The predicted octanol–water partition coefficient (Wildman–Crippen LogP) is 1.68. The summed E-state index contributed by atoms with van der Waals surface area (Å²) in [4.78, 5) is 14.4. The smallest absolute Gasteiger partial charge is 0.256 e. The maximum Gasteiger partial charge on any atom is 0.256 e. The minimum atomic E-state index is -3.42.